The highest BCUT2D eigenvalue weighted by Crippen LogP contribution is 2.35. The lowest BCUT2D eigenvalue weighted by atomic mass is 10.2. The second kappa shape index (κ2) is 6.14. The number of aryl methyl sites for hydroxylation is 1. The van der Waals surface area contributed by atoms with Crippen LogP contribution in [0.25, 0.3) is 21.4 Å². The summed E-state index contributed by atoms with van der Waals surface area (Å²) in [6.07, 6.45) is -4.49. The standard InChI is InChI=1S/C13H9F3N3OPS2/c1-6-2-3-22-10(6)7-4-9(20-21)19-11(17-7)12-18-8(5-23-12)13(14,15)16/h2-5H,21H2,1H3. The predicted octanol–water partition coefficient (Wildman–Crippen LogP) is 4.82. The first-order valence-electron chi connectivity index (χ1n) is 6.22. The van der Waals surface area contributed by atoms with Crippen molar-refractivity contribution >= 4 is 32.1 Å². The van der Waals surface area contributed by atoms with E-state index >= 15 is 0 Å². The molecule has 4 nitrogen and oxygen atoms in total. The van der Waals surface area contributed by atoms with E-state index in [1.54, 1.807) is 6.07 Å². The number of rotatable bonds is 3. The molecular formula is C13H9F3N3OPS2. The molecule has 3 aromatic rings. The van der Waals surface area contributed by atoms with Gasteiger partial charge in [0.25, 0.3) is 0 Å². The number of thiophene rings is 1. The molecule has 0 saturated heterocycles. The molecule has 3 rings (SSSR count). The molecule has 3 heterocycles. The largest absolute Gasteiger partial charge is 0.463 e. The van der Waals surface area contributed by atoms with Crippen LogP contribution in [0.3, 0.4) is 0 Å². The van der Waals surface area contributed by atoms with Gasteiger partial charge < -0.3 is 4.52 Å². The highest BCUT2D eigenvalue weighted by Gasteiger charge is 2.34. The Labute approximate surface area is 139 Å². The second-order valence-corrected chi connectivity index (χ2v) is 6.51. The van der Waals surface area contributed by atoms with Gasteiger partial charge in [-0.2, -0.15) is 18.2 Å². The van der Waals surface area contributed by atoms with Gasteiger partial charge in [-0.3, -0.25) is 0 Å². The van der Waals surface area contributed by atoms with Crippen molar-refractivity contribution in [3.05, 3.63) is 34.2 Å². The maximum absolute atomic E-state index is 12.7. The number of thiazole rings is 1. The minimum absolute atomic E-state index is 0.0942. The minimum atomic E-state index is -4.49. The van der Waals surface area contributed by atoms with Crippen molar-refractivity contribution in [3.63, 3.8) is 0 Å². The van der Waals surface area contributed by atoms with Crippen LogP contribution in [0, 0.1) is 6.92 Å². The van der Waals surface area contributed by atoms with Crippen LogP contribution in [0.15, 0.2) is 22.9 Å². The van der Waals surface area contributed by atoms with Crippen molar-refractivity contribution in [1.29, 1.82) is 0 Å². The molecule has 3 aromatic heterocycles. The summed E-state index contributed by atoms with van der Waals surface area (Å²) >= 11 is 2.33. The molecule has 0 aliphatic heterocycles. The lowest BCUT2D eigenvalue weighted by Gasteiger charge is -2.05. The molecule has 1 atom stereocenters. The number of hydrogen-bond donors (Lipinski definition) is 0. The van der Waals surface area contributed by atoms with Crippen molar-refractivity contribution in [3.8, 4) is 27.3 Å². The van der Waals surface area contributed by atoms with Gasteiger partial charge in [0.2, 0.25) is 5.88 Å². The monoisotopic (exact) mass is 375 g/mol. The Bertz CT molecular complexity index is 847. The molecular weight excluding hydrogens is 366 g/mol. The van der Waals surface area contributed by atoms with Crippen molar-refractivity contribution in [1.82, 2.24) is 15.0 Å². The Kier molecular flexibility index (Phi) is 4.35. The average Bonchev–Trinajstić information content (AvgIpc) is 3.15. The zero-order valence-electron chi connectivity index (χ0n) is 11.6. The first-order chi connectivity index (χ1) is 10.9. The molecule has 120 valence electrons. The third-order valence-electron chi connectivity index (χ3n) is 2.90. The van der Waals surface area contributed by atoms with Gasteiger partial charge in [-0.1, -0.05) is 0 Å². The van der Waals surface area contributed by atoms with Gasteiger partial charge in [-0.15, -0.1) is 22.7 Å². The molecule has 10 heteroatoms. The number of aromatic nitrogens is 3. The molecule has 0 aliphatic rings. The summed E-state index contributed by atoms with van der Waals surface area (Å²) < 4.78 is 43.1. The summed E-state index contributed by atoms with van der Waals surface area (Å²) in [6, 6.07) is 3.57. The van der Waals surface area contributed by atoms with Crippen molar-refractivity contribution in [2.45, 2.75) is 13.1 Å². The summed E-state index contributed by atoms with van der Waals surface area (Å²) in [5, 5.41) is 2.96. The van der Waals surface area contributed by atoms with E-state index in [2.05, 4.69) is 24.4 Å². The Balaban J connectivity index is 2.09. The van der Waals surface area contributed by atoms with Crippen molar-refractivity contribution in [2.24, 2.45) is 0 Å². The van der Waals surface area contributed by atoms with Crippen LogP contribution < -0.4 is 4.52 Å². The smallest absolute Gasteiger partial charge is 0.434 e. The van der Waals surface area contributed by atoms with Crippen LogP contribution in [0.1, 0.15) is 11.3 Å². The molecule has 23 heavy (non-hydrogen) atoms. The zero-order valence-corrected chi connectivity index (χ0v) is 14.4. The van der Waals surface area contributed by atoms with E-state index in [1.807, 2.05) is 18.4 Å². The van der Waals surface area contributed by atoms with Gasteiger partial charge in [0.1, 0.15) is 0 Å². The average molecular weight is 375 g/mol. The maximum Gasteiger partial charge on any atom is 0.434 e. The topological polar surface area (TPSA) is 47.9 Å². The summed E-state index contributed by atoms with van der Waals surface area (Å²) in [7, 11) is 2.06. The van der Waals surface area contributed by atoms with E-state index in [9.17, 15) is 13.2 Å². The van der Waals surface area contributed by atoms with Gasteiger partial charge in [0, 0.05) is 11.4 Å². The highest BCUT2D eigenvalue weighted by atomic mass is 32.1. The van der Waals surface area contributed by atoms with Crippen LogP contribution in [-0.2, 0) is 6.18 Å². The fourth-order valence-electron chi connectivity index (χ4n) is 1.84. The van der Waals surface area contributed by atoms with E-state index in [4.69, 9.17) is 4.52 Å². The molecule has 0 N–H and O–H groups in total. The number of nitrogens with zero attached hydrogens (tertiary/aromatic N) is 3. The van der Waals surface area contributed by atoms with E-state index in [0.717, 1.165) is 27.2 Å². The highest BCUT2D eigenvalue weighted by molar-refractivity contribution is 7.14. The predicted molar refractivity (Wildman–Crippen MR) is 86.5 cm³/mol. The summed E-state index contributed by atoms with van der Waals surface area (Å²) in [6.45, 7) is 1.93. The fraction of sp³-hybridized carbons (Fsp3) is 0.154. The van der Waals surface area contributed by atoms with Crippen LogP contribution in [0.4, 0.5) is 13.2 Å². The SMILES string of the molecule is Cc1ccsc1-c1cc(OP)nc(-c2nc(C(F)(F)F)cs2)n1. The summed E-state index contributed by atoms with van der Waals surface area (Å²) in [4.78, 5) is 12.9. The van der Waals surface area contributed by atoms with E-state index < -0.39 is 11.9 Å². The molecule has 0 aliphatic carbocycles. The van der Waals surface area contributed by atoms with Crippen LogP contribution in [0.5, 0.6) is 5.88 Å². The van der Waals surface area contributed by atoms with Crippen molar-refractivity contribution in [2.75, 3.05) is 0 Å². The second-order valence-electron chi connectivity index (χ2n) is 4.50. The zero-order chi connectivity index (χ0) is 16.6. The normalized spacial score (nSPS) is 11.7. The van der Waals surface area contributed by atoms with Crippen LogP contribution >= 0.6 is 32.1 Å². The molecule has 0 aromatic carbocycles. The molecule has 0 amide bonds. The van der Waals surface area contributed by atoms with Crippen molar-refractivity contribution < 1.29 is 17.7 Å². The number of hydrogen-bond acceptors (Lipinski definition) is 6. The van der Waals surface area contributed by atoms with Gasteiger partial charge in [-0.05, 0) is 23.9 Å². The van der Waals surface area contributed by atoms with Gasteiger partial charge in [-0.25, -0.2) is 9.97 Å². The summed E-state index contributed by atoms with van der Waals surface area (Å²) in [5.74, 6) is 0.347. The summed E-state index contributed by atoms with van der Waals surface area (Å²) in [5.41, 5.74) is 0.653. The third kappa shape index (κ3) is 3.36. The number of alkyl halides is 3. The maximum atomic E-state index is 12.7. The molecule has 0 saturated carbocycles. The molecule has 0 fully saturated rings. The van der Waals surface area contributed by atoms with Crippen LogP contribution in [0.2, 0.25) is 0 Å². The van der Waals surface area contributed by atoms with Gasteiger partial charge in [0.05, 0.1) is 20.0 Å². The fourth-order valence-corrected chi connectivity index (χ4v) is 3.60. The minimum Gasteiger partial charge on any atom is -0.463 e. The molecule has 0 spiro atoms. The van der Waals surface area contributed by atoms with E-state index in [1.165, 1.54) is 11.3 Å². The Morgan fingerprint density at radius 1 is 1.17 bits per heavy atom. The van der Waals surface area contributed by atoms with Gasteiger partial charge in [0.15, 0.2) is 16.5 Å². The Hall–Kier alpha value is -1.57. The molecule has 0 bridgehead atoms. The molecule has 1 unspecified atom stereocenters. The first kappa shape index (κ1) is 16.3. The van der Waals surface area contributed by atoms with Crippen LogP contribution in [-0.4, -0.2) is 15.0 Å². The van der Waals surface area contributed by atoms with Gasteiger partial charge >= 0.3 is 6.18 Å². The quantitative estimate of drug-likeness (QED) is 0.616. The lowest BCUT2D eigenvalue weighted by Crippen LogP contribution is -2.05. The van der Waals surface area contributed by atoms with E-state index in [-0.39, 0.29) is 16.7 Å². The number of halogens is 3. The lowest BCUT2D eigenvalue weighted by molar-refractivity contribution is -0.140. The Morgan fingerprint density at radius 3 is 2.52 bits per heavy atom. The van der Waals surface area contributed by atoms with E-state index in [0.29, 0.717) is 5.69 Å². The third-order valence-corrected chi connectivity index (χ3v) is 5.02. The Morgan fingerprint density at radius 2 is 1.96 bits per heavy atom. The first-order valence-corrected chi connectivity index (χ1v) is 8.45. The molecule has 0 radical (unpaired) electrons.